The van der Waals surface area contributed by atoms with E-state index >= 15 is 0 Å². The number of imidazole rings is 1. The van der Waals surface area contributed by atoms with E-state index in [1.54, 1.807) is 36.8 Å². The van der Waals surface area contributed by atoms with Crippen LogP contribution in [0.5, 0.6) is 5.75 Å². The Labute approximate surface area is 182 Å². The van der Waals surface area contributed by atoms with Crippen LogP contribution >= 0.6 is 0 Å². The molecule has 32 heavy (non-hydrogen) atoms. The first kappa shape index (κ1) is 19.5. The zero-order valence-corrected chi connectivity index (χ0v) is 17.0. The number of methoxy groups -OCH3 is 1. The Bertz CT molecular complexity index is 1460. The number of carbonyl (C=O) groups is 1. The molecule has 0 bridgehead atoms. The lowest BCUT2D eigenvalue weighted by Gasteiger charge is -2.12. The van der Waals surface area contributed by atoms with Crippen molar-refractivity contribution >= 4 is 16.9 Å². The van der Waals surface area contributed by atoms with Crippen molar-refractivity contribution in [3.8, 4) is 33.7 Å². The number of rotatable bonds is 5. The minimum absolute atomic E-state index is 0.101. The van der Waals surface area contributed by atoms with E-state index in [4.69, 9.17) is 10.5 Å². The van der Waals surface area contributed by atoms with Gasteiger partial charge in [0.1, 0.15) is 17.9 Å². The Morgan fingerprint density at radius 3 is 2.75 bits per heavy atom. The van der Waals surface area contributed by atoms with E-state index in [1.165, 1.54) is 13.2 Å². The smallest absolute Gasteiger partial charge is 0.249 e. The number of nitrogens with one attached hydrogen (secondary N) is 1. The van der Waals surface area contributed by atoms with Gasteiger partial charge in [-0.3, -0.25) is 14.5 Å². The number of fused-ring (bicyclic) bond motifs is 1. The molecule has 0 fully saturated rings. The fraction of sp³-hybridized carbons (Fsp3) is 0.0417. The second kappa shape index (κ2) is 7.66. The average Bonchev–Trinajstić information content (AvgIpc) is 3.48. The predicted octanol–water partition coefficient (Wildman–Crippen LogP) is 4.13. The highest BCUT2D eigenvalue weighted by molar-refractivity contribution is 6.00. The molecule has 1 amide bonds. The second-order valence-corrected chi connectivity index (χ2v) is 7.16. The van der Waals surface area contributed by atoms with E-state index in [0.717, 1.165) is 22.2 Å². The Kier molecular flexibility index (Phi) is 4.67. The van der Waals surface area contributed by atoms with Crippen LogP contribution < -0.4 is 10.5 Å². The molecular formula is C24H17FN5O2. The van der Waals surface area contributed by atoms with E-state index < -0.39 is 11.7 Å². The summed E-state index contributed by atoms with van der Waals surface area (Å²) in [5, 5.41) is 6.78. The van der Waals surface area contributed by atoms with Crippen LogP contribution in [0.4, 0.5) is 4.39 Å². The van der Waals surface area contributed by atoms with Crippen molar-refractivity contribution < 1.29 is 13.9 Å². The maximum absolute atomic E-state index is 14.8. The van der Waals surface area contributed by atoms with Gasteiger partial charge in [-0.05, 0) is 48.0 Å². The van der Waals surface area contributed by atoms with Crippen LogP contribution in [0, 0.1) is 11.9 Å². The van der Waals surface area contributed by atoms with Gasteiger partial charge in [0.2, 0.25) is 5.91 Å². The lowest BCUT2D eigenvalue weighted by molar-refractivity contribution is 0.100. The zero-order valence-electron chi connectivity index (χ0n) is 17.0. The van der Waals surface area contributed by atoms with E-state index in [0.29, 0.717) is 17.0 Å². The fourth-order valence-corrected chi connectivity index (χ4v) is 3.69. The van der Waals surface area contributed by atoms with Crippen molar-refractivity contribution in [3.63, 3.8) is 0 Å². The number of aromatic amines is 1. The summed E-state index contributed by atoms with van der Waals surface area (Å²) in [5.74, 6) is -0.847. The molecule has 0 aliphatic heterocycles. The number of benzene rings is 3. The number of H-pyrrole nitrogens is 1. The van der Waals surface area contributed by atoms with E-state index in [2.05, 4.69) is 21.2 Å². The predicted molar refractivity (Wildman–Crippen MR) is 118 cm³/mol. The topological polar surface area (TPSA) is 98.8 Å². The van der Waals surface area contributed by atoms with Crippen LogP contribution in [-0.2, 0) is 0 Å². The van der Waals surface area contributed by atoms with Crippen molar-refractivity contribution in [1.82, 2.24) is 19.7 Å². The molecule has 1 radical (unpaired) electrons. The van der Waals surface area contributed by atoms with E-state index in [9.17, 15) is 9.18 Å². The van der Waals surface area contributed by atoms with Crippen LogP contribution in [0.2, 0.25) is 0 Å². The molecule has 0 unspecified atom stereocenters. The van der Waals surface area contributed by atoms with Crippen LogP contribution in [-0.4, -0.2) is 32.8 Å². The largest absolute Gasteiger partial charge is 0.497 e. The lowest BCUT2D eigenvalue weighted by Crippen LogP contribution is -2.13. The molecule has 3 aromatic carbocycles. The lowest BCUT2D eigenvalue weighted by atomic mass is 9.97. The third kappa shape index (κ3) is 3.27. The summed E-state index contributed by atoms with van der Waals surface area (Å²) < 4.78 is 21.7. The molecule has 0 spiro atoms. The number of hydrogen-bond donors (Lipinski definition) is 2. The number of ether oxygens (including phenoxy) is 1. The number of halogens is 1. The Hall–Kier alpha value is -4.46. The standard InChI is InChI=1S/C24H17FN5O2/c1-32-17-4-6-18(21(25)10-17)20-9-16(3-5-19(20)24(26)31)30-13-27-22-8-14(2-7-23(22)30)15-11-28-29-12-15/h2-4,6-13H,1H3,(H2,26,31)(H,28,29). The normalized spacial score (nSPS) is 11.1. The monoisotopic (exact) mass is 426 g/mol. The molecule has 2 aromatic heterocycles. The number of amides is 1. The summed E-state index contributed by atoms with van der Waals surface area (Å²) in [4.78, 5) is 16.5. The highest BCUT2D eigenvalue weighted by Crippen LogP contribution is 2.32. The third-order valence-electron chi connectivity index (χ3n) is 5.30. The summed E-state index contributed by atoms with van der Waals surface area (Å²) in [6.07, 6.45) is 5.22. The molecular weight excluding hydrogens is 409 g/mol. The highest BCUT2D eigenvalue weighted by Gasteiger charge is 2.17. The molecule has 0 saturated heterocycles. The minimum Gasteiger partial charge on any atom is -0.497 e. The quantitative estimate of drug-likeness (QED) is 0.441. The van der Waals surface area contributed by atoms with Gasteiger partial charge in [-0.2, -0.15) is 5.10 Å². The summed E-state index contributed by atoms with van der Waals surface area (Å²) in [7, 11) is 1.46. The molecule has 3 N–H and O–H groups in total. The van der Waals surface area contributed by atoms with Crippen molar-refractivity contribution in [2.45, 2.75) is 0 Å². The van der Waals surface area contributed by atoms with Gasteiger partial charge in [0.15, 0.2) is 0 Å². The number of nitrogens with two attached hydrogens (primary N) is 1. The van der Waals surface area contributed by atoms with Crippen LogP contribution in [0.1, 0.15) is 10.4 Å². The van der Waals surface area contributed by atoms with Gasteiger partial charge in [0, 0.05) is 34.6 Å². The van der Waals surface area contributed by atoms with Crippen molar-refractivity contribution in [2.75, 3.05) is 7.11 Å². The highest BCUT2D eigenvalue weighted by atomic mass is 19.1. The van der Waals surface area contributed by atoms with E-state index in [-0.39, 0.29) is 11.1 Å². The van der Waals surface area contributed by atoms with Crippen molar-refractivity contribution in [1.29, 1.82) is 0 Å². The van der Waals surface area contributed by atoms with Crippen LogP contribution in [0.25, 0.3) is 39.0 Å². The average molecular weight is 426 g/mol. The molecule has 5 aromatic rings. The molecule has 7 nitrogen and oxygen atoms in total. The van der Waals surface area contributed by atoms with Gasteiger partial charge in [0.25, 0.3) is 0 Å². The molecule has 0 aliphatic rings. The molecule has 0 saturated carbocycles. The first-order valence-corrected chi connectivity index (χ1v) is 9.71. The number of hydrogen-bond acceptors (Lipinski definition) is 4. The van der Waals surface area contributed by atoms with Crippen molar-refractivity contribution in [3.05, 3.63) is 84.7 Å². The summed E-state index contributed by atoms with van der Waals surface area (Å²) in [5.41, 5.74) is 10.4. The van der Waals surface area contributed by atoms with Gasteiger partial charge >= 0.3 is 0 Å². The Morgan fingerprint density at radius 1 is 1.16 bits per heavy atom. The minimum atomic E-state index is -0.693. The van der Waals surface area contributed by atoms with Gasteiger partial charge in [-0.1, -0.05) is 6.07 Å². The molecule has 2 heterocycles. The Morgan fingerprint density at radius 2 is 2.03 bits per heavy atom. The van der Waals surface area contributed by atoms with Crippen LogP contribution in [0.3, 0.4) is 0 Å². The Balaban J connectivity index is 1.64. The number of aromatic nitrogens is 4. The zero-order chi connectivity index (χ0) is 22.2. The summed E-state index contributed by atoms with van der Waals surface area (Å²) in [6.45, 7) is 0. The first-order valence-electron chi connectivity index (χ1n) is 9.71. The molecule has 0 atom stereocenters. The number of primary amides is 1. The molecule has 157 valence electrons. The first-order chi connectivity index (χ1) is 15.5. The molecule has 0 aliphatic carbocycles. The van der Waals surface area contributed by atoms with Gasteiger partial charge in [0.05, 0.1) is 29.9 Å². The number of carbonyl (C=O) groups excluding carboxylic acids is 1. The van der Waals surface area contributed by atoms with Gasteiger partial charge in [-0.15, -0.1) is 0 Å². The van der Waals surface area contributed by atoms with Gasteiger partial charge < -0.3 is 10.5 Å². The molecule has 8 heteroatoms. The van der Waals surface area contributed by atoms with Crippen molar-refractivity contribution in [2.24, 2.45) is 5.73 Å². The maximum Gasteiger partial charge on any atom is 0.249 e. The number of nitrogens with zero attached hydrogens (tertiary/aromatic N) is 3. The van der Waals surface area contributed by atoms with Crippen LogP contribution in [0.15, 0.2) is 67.3 Å². The fourth-order valence-electron chi connectivity index (χ4n) is 3.69. The summed E-state index contributed by atoms with van der Waals surface area (Å²) in [6, 6.07) is 16.6. The molecule has 5 rings (SSSR count). The van der Waals surface area contributed by atoms with Gasteiger partial charge in [-0.25, -0.2) is 9.37 Å². The second-order valence-electron chi connectivity index (χ2n) is 7.16. The van der Waals surface area contributed by atoms with E-state index in [1.807, 2.05) is 29.0 Å². The third-order valence-corrected chi connectivity index (χ3v) is 5.30. The SMILES string of the molecule is COc1ccc(-c2cc(-n3cnc4cc(-c5cn[nH]c5)ccc43)c[c]c2C(N)=O)c(F)c1. The summed E-state index contributed by atoms with van der Waals surface area (Å²) >= 11 is 0. The maximum atomic E-state index is 14.8.